The summed E-state index contributed by atoms with van der Waals surface area (Å²) in [6.07, 6.45) is 2.18. The smallest absolute Gasteiger partial charge is 0.0946 e. The van der Waals surface area contributed by atoms with E-state index >= 15 is 0 Å². The fourth-order valence-corrected chi connectivity index (χ4v) is 1.95. The lowest BCUT2D eigenvalue weighted by atomic mass is 10.4. The summed E-state index contributed by atoms with van der Waals surface area (Å²) in [7, 11) is -4.05. The first kappa shape index (κ1) is 11.5. The zero-order chi connectivity index (χ0) is 10.6. The lowest BCUT2D eigenvalue weighted by molar-refractivity contribution is 0.289. The predicted molar refractivity (Wildman–Crippen MR) is 52.5 cm³/mol. The molecule has 0 aromatic carbocycles. The molecule has 0 aliphatic carbocycles. The first-order valence-electron chi connectivity index (χ1n) is 4.54. The monoisotopic (exact) mass is 219 g/mol. The van der Waals surface area contributed by atoms with Crippen molar-refractivity contribution < 1.29 is 13.0 Å². The molecule has 14 heavy (non-hydrogen) atoms. The lowest BCUT2D eigenvalue weighted by Gasteiger charge is -2.16. The highest BCUT2D eigenvalue weighted by molar-refractivity contribution is 7.85. The van der Waals surface area contributed by atoms with Gasteiger partial charge in [-0.2, -0.15) is 0 Å². The van der Waals surface area contributed by atoms with Crippen LogP contribution in [0.4, 0.5) is 0 Å². The van der Waals surface area contributed by atoms with Crippen molar-refractivity contribution >= 4 is 10.1 Å². The van der Waals surface area contributed by atoms with Crippen molar-refractivity contribution in [2.75, 3.05) is 32.1 Å². The van der Waals surface area contributed by atoms with Crippen LogP contribution < -0.4 is 0 Å². The van der Waals surface area contributed by atoms with Gasteiger partial charge in [0.05, 0.1) is 16.8 Å². The molecular weight excluding hydrogens is 204 g/mol. The van der Waals surface area contributed by atoms with Crippen LogP contribution in [0.1, 0.15) is 6.42 Å². The molecule has 6 heteroatoms. The summed E-state index contributed by atoms with van der Waals surface area (Å²) >= 11 is 0. The van der Waals surface area contributed by atoms with Crippen LogP contribution >= 0.6 is 0 Å². The molecular formula is C8H15N2O3S-. The van der Waals surface area contributed by atoms with Gasteiger partial charge in [0.1, 0.15) is 0 Å². The molecule has 0 aromatic heterocycles. The minimum absolute atomic E-state index is 0.266. The van der Waals surface area contributed by atoms with Crippen LogP contribution in [0.5, 0.6) is 0 Å². The Morgan fingerprint density at radius 1 is 1.43 bits per heavy atom. The number of hydrogen-bond acceptors (Lipinski definition) is 5. The number of rotatable bonds is 5. The molecule has 82 valence electrons. The molecule has 5 nitrogen and oxygen atoms in total. The number of hydrogen-bond donors (Lipinski definition) is 0. The Kier molecular flexibility index (Phi) is 3.91. The molecule has 1 rings (SSSR count). The maximum absolute atomic E-state index is 10.3. The van der Waals surface area contributed by atoms with Gasteiger partial charge >= 0.3 is 0 Å². The summed E-state index contributed by atoms with van der Waals surface area (Å²) in [4.78, 5) is 4.15. The highest BCUT2D eigenvalue weighted by Gasteiger charge is 2.15. The van der Waals surface area contributed by atoms with E-state index in [-0.39, 0.29) is 5.75 Å². The molecule has 1 saturated heterocycles. The van der Waals surface area contributed by atoms with Crippen molar-refractivity contribution in [3.63, 3.8) is 0 Å². The Morgan fingerprint density at radius 3 is 2.64 bits per heavy atom. The zero-order valence-corrected chi connectivity index (χ0v) is 8.87. The molecule has 1 aliphatic rings. The van der Waals surface area contributed by atoms with Gasteiger partial charge in [-0.1, -0.05) is 6.58 Å². The van der Waals surface area contributed by atoms with Gasteiger partial charge in [0, 0.05) is 25.4 Å². The van der Waals surface area contributed by atoms with Crippen LogP contribution in [0, 0.1) is 0 Å². The second kappa shape index (κ2) is 4.77. The number of nitrogens with zero attached hydrogens (tertiary/aromatic N) is 2. The lowest BCUT2D eigenvalue weighted by Crippen LogP contribution is -2.25. The van der Waals surface area contributed by atoms with Crippen LogP contribution in [-0.4, -0.2) is 54.8 Å². The standard InChI is InChI=1S/C8H16N2O3S/c1-2-9-5-6-10(8-9)4-3-7-14(11,12)13/h2H,1,3-8H2,(H,11,12,13)/p-1. The van der Waals surface area contributed by atoms with E-state index in [1.54, 1.807) is 6.20 Å². The van der Waals surface area contributed by atoms with E-state index in [4.69, 9.17) is 0 Å². The summed E-state index contributed by atoms with van der Waals surface area (Å²) in [5, 5.41) is 0. The highest BCUT2D eigenvalue weighted by Crippen LogP contribution is 2.05. The third-order valence-electron chi connectivity index (χ3n) is 2.21. The normalized spacial score (nSPS) is 18.8. The largest absolute Gasteiger partial charge is 0.748 e. The van der Waals surface area contributed by atoms with Crippen molar-refractivity contribution in [3.8, 4) is 0 Å². The molecule has 0 atom stereocenters. The Hall–Kier alpha value is -0.590. The molecule has 1 fully saturated rings. The van der Waals surface area contributed by atoms with Gasteiger partial charge in [0.15, 0.2) is 0 Å². The van der Waals surface area contributed by atoms with E-state index in [9.17, 15) is 13.0 Å². The zero-order valence-electron chi connectivity index (χ0n) is 8.05. The van der Waals surface area contributed by atoms with E-state index in [2.05, 4.69) is 11.5 Å². The van der Waals surface area contributed by atoms with Crippen molar-refractivity contribution in [2.24, 2.45) is 0 Å². The van der Waals surface area contributed by atoms with Crippen LogP contribution in [-0.2, 0) is 10.1 Å². The average Bonchev–Trinajstić information content (AvgIpc) is 2.50. The Balaban J connectivity index is 2.18. The summed E-state index contributed by atoms with van der Waals surface area (Å²) in [5.74, 6) is -0.266. The third kappa shape index (κ3) is 4.08. The van der Waals surface area contributed by atoms with Crippen molar-refractivity contribution in [3.05, 3.63) is 12.8 Å². The molecule has 1 aliphatic heterocycles. The topological polar surface area (TPSA) is 63.7 Å². The van der Waals surface area contributed by atoms with Gasteiger partial charge in [-0.25, -0.2) is 8.42 Å². The fourth-order valence-electron chi connectivity index (χ4n) is 1.46. The minimum Gasteiger partial charge on any atom is -0.748 e. The first-order chi connectivity index (χ1) is 6.51. The molecule has 0 aromatic rings. The van der Waals surface area contributed by atoms with E-state index in [0.717, 1.165) is 19.8 Å². The second-order valence-electron chi connectivity index (χ2n) is 3.37. The predicted octanol–water partition coefficient (Wildman–Crippen LogP) is -0.360. The molecule has 0 unspecified atom stereocenters. The molecule has 0 saturated carbocycles. The van der Waals surface area contributed by atoms with Crippen LogP contribution in [0.25, 0.3) is 0 Å². The SMILES string of the molecule is C=CN1CCN(CCCS(=O)(=O)[O-])C1. The molecule has 0 amide bonds. The molecule has 0 radical (unpaired) electrons. The van der Waals surface area contributed by atoms with Crippen molar-refractivity contribution in [2.45, 2.75) is 6.42 Å². The summed E-state index contributed by atoms with van der Waals surface area (Å²) < 4.78 is 31.0. The van der Waals surface area contributed by atoms with E-state index < -0.39 is 10.1 Å². The van der Waals surface area contributed by atoms with Gasteiger partial charge in [0.25, 0.3) is 0 Å². The maximum Gasteiger partial charge on any atom is 0.0946 e. The fraction of sp³-hybridized carbons (Fsp3) is 0.750. The molecule has 1 heterocycles. The minimum atomic E-state index is -4.05. The Labute approximate surface area is 84.7 Å². The van der Waals surface area contributed by atoms with Crippen LogP contribution in [0.15, 0.2) is 12.8 Å². The van der Waals surface area contributed by atoms with Gasteiger partial charge < -0.3 is 9.45 Å². The molecule has 0 N–H and O–H groups in total. The second-order valence-corrected chi connectivity index (χ2v) is 4.89. The summed E-state index contributed by atoms with van der Waals surface area (Å²) in [6.45, 7) is 6.92. The van der Waals surface area contributed by atoms with E-state index in [0.29, 0.717) is 13.0 Å². The van der Waals surface area contributed by atoms with Crippen LogP contribution in [0.3, 0.4) is 0 Å². The van der Waals surface area contributed by atoms with E-state index in [1.165, 1.54) is 0 Å². The van der Waals surface area contributed by atoms with Gasteiger partial charge in [-0.05, 0) is 12.6 Å². The quantitative estimate of drug-likeness (QED) is 0.591. The van der Waals surface area contributed by atoms with Gasteiger partial charge in [-0.15, -0.1) is 0 Å². The Bertz CT molecular complexity index is 289. The van der Waals surface area contributed by atoms with Gasteiger partial charge in [-0.3, -0.25) is 4.90 Å². The van der Waals surface area contributed by atoms with E-state index in [1.807, 2.05) is 4.90 Å². The van der Waals surface area contributed by atoms with Crippen molar-refractivity contribution in [1.29, 1.82) is 0 Å². The van der Waals surface area contributed by atoms with Crippen LogP contribution in [0.2, 0.25) is 0 Å². The third-order valence-corrected chi connectivity index (χ3v) is 3.00. The summed E-state index contributed by atoms with van der Waals surface area (Å²) in [6, 6.07) is 0. The summed E-state index contributed by atoms with van der Waals surface area (Å²) in [5.41, 5.74) is 0. The highest BCUT2D eigenvalue weighted by atomic mass is 32.2. The molecule has 0 spiro atoms. The first-order valence-corrected chi connectivity index (χ1v) is 6.11. The molecule has 0 bridgehead atoms. The Morgan fingerprint density at radius 2 is 2.14 bits per heavy atom. The van der Waals surface area contributed by atoms with Gasteiger partial charge in [0.2, 0.25) is 0 Å². The maximum atomic E-state index is 10.3. The average molecular weight is 219 g/mol. The van der Waals surface area contributed by atoms with Crippen molar-refractivity contribution in [1.82, 2.24) is 9.80 Å².